The topological polar surface area (TPSA) is 12.0 Å². The molecule has 2 heteroatoms. The van der Waals surface area contributed by atoms with Crippen LogP contribution in [-0.4, -0.2) is 13.1 Å². The Kier molecular flexibility index (Phi) is 15.1. The Morgan fingerprint density at radius 3 is 1.50 bits per heavy atom. The molecule has 0 atom stereocenters. The summed E-state index contributed by atoms with van der Waals surface area (Å²) in [7, 11) is 0. The average molecular weight is 166 g/mol. The fraction of sp³-hybridized carbons (Fsp3) is 1.00. The Balaban J connectivity index is 0. The summed E-state index contributed by atoms with van der Waals surface area (Å²) in [5, 5.41) is 3.11. The van der Waals surface area contributed by atoms with Crippen LogP contribution in [0.4, 0.5) is 0 Å². The minimum Gasteiger partial charge on any atom is -0.317 e. The molecular formula is C4H11NNb. The zero-order valence-corrected chi connectivity index (χ0v) is 6.56. The Morgan fingerprint density at radius 2 is 1.50 bits per heavy atom. The summed E-state index contributed by atoms with van der Waals surface area (Å²) in [6.45, 7) is 6.39. The van der Waals surface area contributed by atoms with Gasteiger partial charge in [0.2, 0.25) is 0 Å². The minimum atomic E-state index is 0. The summed E-state index contributed by atoms with van der Waals surface area (Å²) < 4.78 is 0. The largest absolute Gasteiger partial charge is 0.317 e. The van der Waals surface area contributed by atoms with E-state index in [1.165, 1.54) is 0 Å². The molecule has 37 valence electrons. The molecule has 0 bridgehead atoms. The zero-order valence-electron chi connectivity index (χ0n) is 4.36. The summed E-state index contributed by atoms with van der Waals surface area (Å²) in [4.78, 5) is 0. The number of rotatable bonds is 2. The van der Waals surface area contributed by atoms with Gasteiger partial charge >= 0.3 is 0 Å². The molecule has 0 aliphatic heterocycles. The summed E-state index contributed by atoms with van der Waals surface area (Å²) >= 11 is 0. The number of hydrogen-bond donors (Lipinski definition) is 1. The van der Waals surface area contributed by atoms with E-state index in [0.29, 0.717) is 0 Å². The maximum Gasteiger partial charge on any atom is 0 e. The SMILES string of the molecule is CCNCC.[Nb]. The number of hydrogen-bond acceptors (Lipinski definition) is 1. The third kappa shape index (κ3) is 8.83. The van der Waals surface area contributed by atoms with Gasteiger partial charge in [-0.2, -0.15) is 0 Å². The van der Waals surface area contributed by atoms with E-state index >= 15 is 0 Å². The molecule has 1 N–H and O–H groups in total. The molecule has 0 aliphatic rings. The average Bonchev–Trinajstić information content (AvgIpc) is 1.41. The van der Waals surface area contributed by atoms with Gasteiger partial charge in [0.05, 0.1) is 0 Å². The second-order valence-corrected chi connectivity index (χ2v) is 0.957. The predicted molar refractivity (Wildman–Crippen MR) is 24.2 cm³/mol. The first-order valence-electron chi connectivity index (χ1n) is 2.12. The third-order valence-corrected chi connectivity index (χ3v) is 0.500. The van der Waals surface area contributed by atoms with Gasteiger partial charge in [0, 0.05) is 22.4 Å². The van der Waals surface area contributed by atoms with Crippen molar-refractivity contribution in [2.24, 2.45) is 0 Å². The van der Waals surface area contributed by atoms with E-state index in [1.807, 2.05) is 0 Å². The summed E-state index contributed by atoms with van der Waals surface area (Å²) in [6, 6.07) is 0. The smallest absolute Gasteiger partial charge is 0 e. The molecule has 0 aromatic heterocycles. The summed E-state index contributed by atoms with van der Waals surface area (Å²) in [6.07, 6.45) is 0. The summed E-state index contributed by atoms with van der Waals surface area (Å²) in [5.41, 5.74) is 0. The van der Waals surface area contributed by atoms with E-state index in [9.17, 15) is 0 Å². The van der Waals surface area contributed by atoms with Gasteiger partial charge in [-0.1, -0.05) is 13.8 Å². The minimum absolute atomic E-state index is 0. The van der Waals surface area contributed by atoms with Crippen LogP contribution in [-0.2, 0) is 22.4 Å². The van der Waals surface area contributed by atoms with Crippen molar-refractivity contribution in [3.05, 3.63) is 0 Å². The monoisotopic (exact) mass is 166 g/mol. The van der Waals surface area contributed by atoms with Crippen LogP contribution in [0.3, 0.4) is 0 Å². The van der Waals surface area contributed by atoms with Crippen molar-refractivity contribution in [1.82, 2.24) is 5.32 Å². The van der Waals surface area contributed by atoms with Crippen LogP contribution < -0.4 is 5.32 Å². The third-order valence-electron chi connectivity index (χ3n) is 0.500. The maximum absolute atomic E-state index is 3.11. The van der Waals surface area contributed by atoms with Gasteiger partial charge < -0.3 is 5.32 Å². The van der Waals surface area contributed by atoms with Gasteiger partial charge in [-0.3, -0.25) is 0 Å². The first-order valence-corrected chi connectivity index (χ1v) is 2.12. The Bertz CT molecular complexity index is 15.0. The van der Waals surface area contributed by atoms with Crippen molar-refractivity contribution in [1.29, 1.82) is 0 Å². The van der Waals surface area contributed by atoms with Crippen molar-refractivity contribution < 1.29 is 22.4 Å². The fourth-order valence-corrected chi connectivity index (χ4v) is 0.250. The van der Waals surface area contributed by atoms with Gasteiger partial charge in [-0.05, 0) is 13.1 Å². The van der Waals surface area contributed by atoms with Crippen LogP contribution in [0.15, 0.2) is 0 Å². The zero-order chi connectivity index (χ0) is 4.12. The molecule has 0 fully saturated rings. The van der Waals surface area contributed by atoms with Crippen molar-refractivity contribution in [2.45, 2.75) is 13.8 Å². The van der Waals surface area contributed by atoms with Crippen LogP contribution >= 0.6 is 0 Å². The Hall–Kier alpha value is 0.700. The molecule has 1 radical (unpaired) electrons. The van der Waals surface area contributed by atoms with E-state index < -0.39 is 0 Å². The van der Waals surface area contributed by atoms with Gasteiger partial charge in [0.1, 0.15) is 0 Å². The molecule has 6 heavy (non-hydrogen) atoms. The molecule has 0 saturated heterocycles. The molecule has 0 spiro atoms. The Labute approximate surface area is 55.0 Å². The molecule has 0 aliphatic carbocycles. The van der Waals surface area contributed by atoms with Gasteiger partial charge in [-0.25, -0.2) is 0 Å². The van der Waals surface area contributed by atoms with E-state index in [2.05, 4.69) is 19.2 Å². The quantitative estimate of drug-likeness (QED) is 0.592. The van der Waals surface area contributed by atoms with E-state index in [0.717, 1.165) is 13.1 Å². The molecule has 1 nitrogen and oxygen atoms in total. The van der Waals surface area contributed by atoms with Crippen LogP contribution in [0, 0.1) is 0 Å². The first kappa shape index (κ1) is 9.85. The van der Waals surface area contributed by atoms with E-state index in [-0.39, 0.29) is 22.4 Å². The molecule has 0 heterocycles. The van der Waals surface area contributed by atoms with Crippen LogP contribution in [0.2, 0.25) is 0 Å². The van der Waals surface area contributed by atoms with E-state index in [4.69, 9.17) is 0 Å². The van der Waals surface area contributed by atoms with Gasteiger partial charge in [-0.15, -0.1) is 0 Å². The molecule has 0 amide bonds. The van der Waals surface area contributed by atoms with Crippen molar-refractivity contribution >= 4 is 0 Å². The van der Waals surface area contributed by atoms with Crippen molar-refractivity contribution in [3.63, 3.8) is 0 Å². The molecule has 0 aromatic rings. The van der Waals surface area contributed by atoms with E-state index in [1.54, 1.807) is 0 Å². The first-order chi connectivity index (χ1) is 2.41. The second-order valence-electron chi connectivity index (χ2n) is 0.957. The molecule has 0 aromatic carbocycles. The van der Waals surface area contributed by atoms with Crippen LogP contribution in [0.1, 0.15) is 13.8 Å². The van der Waals surface area contributed by atoms with Crippen LogP contribution in [0.25, 0.3) is 0 Å². The van der Waals surface area contributed by atoms with Gasteiger partial charge in [0.15, 0.2) is 0 Å². The summed E-state index contributed by atoms with van der Waals surface area (Å²) in [5.74, 6) is 0. The molecular weight excluding hydrogens is 155 g/mol. The van der Waals surface area contributed by atoms with Crippen LogP contribution in [0.5, 0.6) is 0 Å². The second kappa shape index (κ2) is 9.20. The van der Waals surface area contributed by atoms with Gasteiger partial charge in [0.25, 0.3) is 0 Å². The van der Waals surface area contributed by atoms with Crippen molar-refractivity contribution in [3.8, 4) is 0 Å². The standard InChI is InChI=1S/C4H11N.Nb/c1-3-5-4-2;/h5H,3-4H2,1-2H3;. The predicted octanol–water partition coefficient (Wildman–Crippen LogP) is 0.613. The van der Waals surface area contributed by atoms with Crippen molar-refractivity contribution in [2.75, 3.05) is 13.1 Å². The maximum atomic E-state index is 3.11. The normalized spacial score (nSPS) is 7.00. The molecule has 0 rings (SSSR count). The molecule has 0 unspecified atom stereocenters. The fourth-order valence-electron chi connectivity index (χ4n) is 0.250. The number of nitrogens with one attached hydrogen (secondary N) is 1. The Morgan fingerprint density at radius 1 is 1.17 bits per heavy atom. The molecule has 0 saturated carbocycles.